The molecule has 1 heterocycles. The van der Waals surface area contributed by atoms with E-state index in [1.54, 1.807) is 0 Å². The van der Waals surface area contributed by atoms with Gasteiger partial charge in [0, 0.05) is 17.2 Å². The lowest BCUT2D eigenvalue weighted by Gasteiger charge is -2.07. The van der Waals surface area contributed by atoms with Gasteiger partial charge in [-0.2, -0.15) is 5.10 Å². The average Bonchev–Trinajstić information content (AvgIpc) is 3.16. The molecule has 0 atom stereocenters. The summed E-state index contributed by atoms with van der Waals surface area (Å²) in [6, 6.07) is 0. The van der Waals surface area contributed by atoms with Crippen LogP contribution in [0.4, 0.5) is 0 Å². The number of nitrogens with zero attached hydrogens (tertiary/aromatic N) is 2. The smallest absolute Gasteiger partial charge is 0.264 e. The van der Waals surface area contributed by atoms with E-state index in [1.165, 1.54) is 4.68 Å². The van der Waals surface area contributed by atoms with Crippen molar-refractivity contribution in [3.8, 4) is 0 Å². The van der Waals surface area contributed by atoms with Gasteiger partial charge in [-0.25, -0.2) is 8.42 Å². The summed E-state index contributed by atoms with van der Waals surface area (Å²) in [6.45, 7) is 4.34. The van der Waals surface area contributed by atoms with Crippen molar-refractivity contribution >= 4 is 25.6 Å². The van der Waals surface area contributed by atoms with Crippen molar-refractivity contribution in [3.63, 3.8) is 0 Å². The average molecular weight is 334 g/mol. The van der Waals surface area contributed by atoms with E-state index >= 15 is 0 Å². The molecule has 8 heteroatoms. The maximum atomic E-state index is 11.9. The van der Waals surface area contributed by atoms with E-state index in [0.29, 0.717) is 36.7 Å². The zero-order chi connectivity index (χ0) is 15.6. The summed E-state index contributed by atoms with van der Waals surface area (Å²) in [4.78, 5) is 12.0. The molecule has 0 aromatic carbocycles. The number of amides is 1. The Labute approximate surface area is 129 Å². The summed E-state index contributed by atoms with van der Waals surface area (Å²) in [7, 11) is 1.64. The van der Waals surface area contributed by atoms with Crippen LogP contribution in [0.5, 0.6) is 0 Å². The lowest BCUT2D eigenvalue weighted by atomic mass is 10.2. The van der Waals surface area contributed by atoms with E-state index in [2.05, 4.69) is 10.4 Å². The van der Waals surface area contributed by atoms with Gasteiger partial charge in [0.2, 0.25) is 5.91 Å². The number of halogens is 1. The number of hydrogen-bond acceptors (Lipinski definition) is 4. The molecule has 2 rings (SSSR count). The minimum atomic E-state index is -3.86. The van der Waals surface area contributed by atoms with E-state index in [0.717, 1.165) is 12.8 Å². The second-order valence-corrected chi connectivity index (χ2v) is 7.78. The maximum absolute atomic E-state index is 11.9. The number of nitrogens with one attached hydrogen (secondary N) is 1. The van der Waals surface area contributed by atoms with Crippen molar-refractivity contribution in [1.82, 2.24) is 15.1 Å². The summed E-state index contributed by atoms with van der Waals surface area (Å²) in [5.41, 5.74) is 0.903. The zero-order valence-electron chi connectivity index (χ0n) is 12.2. The van der Waals surface area contributed by atoms with Gasteiger partial charge in [0.1, 0.15) is 11.4 Å². The molecule has 6 nitrogen and oxygen atoms in total. The Morgan fingerprint density at radius 3 is 2.52 bits per heavy atom. The highest BCUT2D eigenvalue weighted by Crippen LogP contribution is 2.28. The summed E-state index contributed by atoms with van der Waals surface area (Å²) >= 11 is 0. The van der Waals surface area contributed by atoms with Crippen LogP contribution < -0.4 is 5.32 Å². The van der Waals surface area contributed by atoms with Crippen molar-refractivity contribution in [3.05, 3.63) is 11.4 Å². The van der Waals surface area contributed by atoms with Gasteiger partial charge < -0.3 is 5.32 Å². The third-order valence-electron chi connectivity index (χ3n) is 3.57. The fraction of sp³-hybridized carbons (Fsp3) is 0.692. The quantitative estimate of drug-likeness (QED) is 0.766. The number of carbonyl (C=O) groups is 1. The molecular formula is C13H20ClN3O3S. The second-order valence-electron chi connectivity index (χ2n) is 5.27. The van der Waals surface area contributed by atoms with Crippen LogP contribution in [0.3, 0.4) is 0 Å². The normalized spacial score (nSPS) is 15.2. The summed E-state index contributed by atoms with van der Waals surface area (Å²) in [6.07, 6.45) is 3.23. The van der Waals surface area contributed by atoms with Crippen molar-refractivity contribution in [2.45, 2.75) is 51.0 Å². The number of carbonyl (C=O) groups excluding carboxylic acids is 1. The molecule has 1 aromatic heterocycles. The predicted octanol–water partition coefficient (Wildman–Crippen LogP) is 1.46. The highest BCUT2D eigenvalue weighted by molar-refractivity contribution is 8.13. The first-order chi connectivity index (χ1) is 9.86. The van der Waals surface area contributed by atoms with Gasteiger partial charge in [0.25, 0.3) is 9.05 Å². The van der Waals surface area contributed by atoms with Crippen molar-refractivity contribution in [2.75, 3.05) is 6.54 Å². The van der Waals surface area contributed by atoms with Gasteiger partial charge in [-0.1, -0.05) is 13.8 Å². The van der Waals surface area contributed by atoms with Crippen LogP contribution >= 0.6 is 10.7 Å². The van der Waals surface area contributed by atoms with Gasteiger partial charge in [0.15, 0.2) is 0 Å². The first-order valence-corrected chi connectivity index (χ1v) is 9.47. The molecule has 21 heavy (non-hydrogen) atoms. The van der Waals surface area contributed by atoms with Crippen LogP contribution in [0, 0.1) is 5.92 Å². The Bertz CT molecular complexity index is 635. The number of rotatable bonds is 7. The van der Waals surface area contributed by atoms with Crippen molar-refractivity contribution < 1.29 is 13.2 Å². The molecule has 1 saturated carbocycles. The van der Waals surface area contributed by atoms with E-state index < -0.39 is 9.05 Å². The number of hydrogen-bond donors (Lipinski definition) is 1. The van der Waals surface area contributed by atoms with Gasteiger partial charge in [-0.3, -0.25) is 9.48 Å². The van der Waals surface area contributed by atoms with E-state index in [-0.39, 0.29) is 17.3 Å². The Morgan fingerprint density at radius 1 is 1.38 bits per heavy atom. The molecule has 0 unspecified atom stereocenters. The molecule has 118 valence electrons. The summed E-state index contributed by atoms with van der Waals surface area (Å²) in [5.74, 6) is 0.447. The maximum Gasteiger partial charge on any atom is 0.264 e. The van der Waals surface area contributed by atoms with Gasteiger partial charge in [0.05, 0.1) is 11.4 Å². The summed E-state index contributed by atoms with van der Waals surface area (Å²) in [5, 5.41) is 7.09. The van der Waals surface area contributed by atoms with Crippen LogP contribution in [0.2, 0.25) is 0 Å². The molecule has 0 spiro atoms. The molecule has 1 amide bonds. The van der Waals surface area contributed by atoms with E-state index in [1.807, 2.05) is 13.8 Å². The highest BCUT2D eigenvalue weighted by Gasteiger charge is 2.26. The standard InChI is InChI=1S/C13H20ClN3O3S/c1-3-10-13(21(14,19)20)11(4-2)17(16-10)8-12(18)15-7-9-5-6-9/h9H,3-8H2,1-2H3,(H,15,18). The molecule has 1 aliphatic carbocycles. The zero-order valence-corrected chi connectivity index (χ0v) is 13.8. The fourth-order valence-corrected chi connectivity index (χ4v) is 3.83. The molecule has 0 bridgehead atoms. The molecule has 1 aromatic rings. The lowest BCUT2D eigenvalue weighted by molar-refractivity contribution is -0.121. The SMILES string of the molecule is CCc1nn(CC(=O)NCC2CC2)c(CC)c1S(=O)(=O)Cl. The highest BCUT2D eigenvalue weighted by atomic mass is 35.7. The topological polar surface area (TPSA) is 81.1 Å². The molecule has 1 N–H and O–H groups in total. The van der Waals surface area contributed by atoms with Crippen molar-refractivity contribution in [1.29, 1.82) is 0 Å². The Kier molecular flexibility index (Phi) is 4.93. The summed E-state index contributed by atoms with van der Waals surface area (Å²) < 4.78 is 24.9. The van der Waals surface area contributed by atoms with Gasteiger partial charge in [-0.05, 0) is 31.6 Å². The first-order valence-electron chi connectivity index (χ1n) is 7.16. The third kappa shape index (κ3) is 3.97. The van der Waals surface area contributed by atoms with E-state index in [4.69, 9.17) is 10.7 Å². The molecule has 1 aliphatic rings. The van der Waals surface area contributed by atoms with Crippen LogP contribution in [-0.4, -0.2) is 30.7 Å². The minimum absolute atomic E-state index is 0.0231. The lowest BCUT2D eigenvalue weighted by Crippen LogP contribution is -2.30. The van der Waals surface area contributed by atoms with E-state index in [9.17, 15) is 13.2 Å². The van der Waals surface area contributed by atoms with Crippen LogP contribution in [-0.2, 0) is 33.2 Å². The fourth-order valence-electron chi connectivity index (χ4n) is 2.29. The largest absolute Gasteiger partial charge is 0.354 e. The Hall–Kier alpha value is -1.08. The first kappa shape index (κ1) is 16.3. The number of aromatic nitrogens is 2. The van der Waals surface area contributed by atoms with Crippen LogP contribution in [0.25, 0.3) is 0 Å². The second kappa shape index (κ2) is 6.36. The molecule has 0 aliphatic heterocycles. The molecular weight excluding hydrogens is 314 g/mol. The molecule has 0 radical (unpaired) electrons. The monoisotopic (exact) mass is 333 g/mol. The van der Waals surface area contributed by atoms with Crippen LogP contribution in [0.15, 0.2) is 4.90 Å². The number of aryl methyl sites for hydroxylation is 1. The predicted molar refractivity (Wildman–Crippen MR) is 79.8 cm³/mol. The van der Waals surface area contributed by atoms with Gasteiger partial charge >= 0.3 is 0 Å². The van der Waals surface area contributed by atoms with Gasteiger partial charge in [-0.15, -0.1) is 0 Å². The third-order valence-corrected chi connectivity index (χ3v) is 4.99. The molecule has 1 fully saturated rings. The van der Waals surface area contributed by atoms with Crippen molar-refractivity contribution in [2.24, 2.45) is 5.92 Å². The van der Waals surface area contributed by atoms with Crippen LogP contribution in [0.1, 0.15) is 38.1 Å². The minimum Gasteiger partial charge on any atom is -0.354 e. The Morgan fingerprint density at radius 2 is 2.05 bits per heavy atom. The molecule has 0 saturated heterocycles. The Balaban J connectivity index is 2.22.